The molecule has 0 heterocycles. The first-order valence-corrected chi connectivity index (χ1v) is 3.77. The van der Waals surface area contributed by atoms with Crippen LogP contribution in [0.3, 0.4) is 0 Å². The van der Waals surface area contributed by atoms with Crippen LogP contribution in [0, 0.1) is 0 Å². The molecular weight excluding hydrogens is 136 g/mol. The zero-order chi connectivity index (χ0) is 8.10. The maximum Gasteiger partial charge on any atom is 0.0255 e. The second-order valence-electron chi connectivity index (χ2n) is 2.65. The van der Waals surface area contributed by atoms with Crippen molar-refractivity contribution in [1.82, 2.24) is 5.73 Å². The molecule has 0 aliphatic rings. The zero-order valence-electron chi connectivity index (χ0n) is 6.46. The van der Waals surface area contributed by atoms with Gasteiger partial charge in [0.05, 0.1) is 0 Å². The predicted molar refractivity (Wildman–Crippen MR) is 46.1 cm³/mol. The quantitative estimate of drug-likeness (QED) is 0.680. The van der Waals surface area contributed by atoms with Crippen LogP contribution in [0.4, 0.5) is 0 Å². The lowest BCUT2D eigenvalue weighted by molar-refractivity contribution is 0.669. The smallest absolute Gasteiger partial charge is 0.0255 e. The van der Waals surface area contributed by atoms with E-state index in [1.54, 1.807) is 0 Å². The molecule has 1 rings (SSSR count). The van der Waals surface area contributed by atoms with Crippen molar-refractivity contribution in [3.8, 4) is 0 Å². The molecule has 1 aromatic rings. The van der Waals surface area contributed by atoms with E-state index in [2.05, 4.69) is 0 Å². The summed E-state index contributed by atoms with van der Waals surface area (Å²) >= 11 is 0. The van der Waals surface area contributed by atoms with Crippen LogP contribution in [-0.2, 0) is 6.42 Å². The summed E-state index contributed by atoms with van der Waals surface area (Å²) in [6, 6.07) is 10.0. The Morgan fingerprint density at radius 1 is 1.27 bits per heavy atom. The fourth-order valence-corrected chi connectivity index (χ4v) is 0.989. The number of nitrogens with two attached hydrogens (primary N) is 1. The molecule has 1 radical (unpaired) electrons. The van der Waals surface area contributed by atoms with Crippen molar-refractivity contribution in [2.75, 3.05) is 6.54 Å². The van der Waals surface area contributed by atoms with E-state index in [1.807, 2.05) is 30.3 Å². The van der Waals surface area contributed by atoms with Crippen LogP contribution in [0.1, 0.15) is 5.56 Å². The van der Waals surface area contributed by atoms with E-state index in [4.69, 9.17) is 11.5 Å². The Kier molecular flexibility index (Phi) is 3.08. The first kappa shape index (κ1) is 8.24. The molecular formula is C9H13N2. The first-order valence-electron chi connectivity index (χ1n) is 3.77. The maximum absolute atomic E-state index is 7.03. The molecule has 0 spiro atoms. The van der Waals surface area contributed by atoms with Gasteiger partial charge in [-0.25, -0.2) is 0 Å². The van der Waals surface area contributed by atoms with Gasteiger partial charge in [0.25, 0.3) is 0 Å². The van der Waals surface area contributed by atoms with E-state index in [9.17, 15) is 0 Å². The molecule has 0 unspecified atom stereocenters. The SMILES string of the molecule is [NH]C[C@@H](N)Cc1ccccc1. The van der Waals surface area contributed by atoms with Crippen molar-refractivity contribution in [3.05, 3.63) is 35.9 Å². The monoisotopic (exact) mass is 149 g/mol. The third-order valence-corrected chi connectivity index (χ3v) is 1.60. The molecule has 0 saturated heterocycles. The summed E-state index contributed by atoms with van der Waals surface area (Å²) in [6.45, 7) is 0.300. The molecule has 1 aromatic carbocycles. The van der Waals surface area contributed by atoms with Gasteiger partial charge in [0.15, 0.2) is 0 Å². The molecule has 2 heteroatoms. The second-order valence-corrected chi connectivity index (χ2v) is 2.65. The highest BCUT2D eigenvalue weighted by atomic mass is 14.7. The molecule has 0 aliphatic heterocycles. The summed E-state index contributed by atoms with van der Waals surface area (Å²) in [7, 11) is 0. The number of hydrogen-bond donors (Lipinski definition) is 1. The summed E-state index contributed by atoms with van der Waals surface area (Å²) in [5.74, 6) is 0. The van der Waals surface area contributed by atoms with E-state index < -0.39 is 0 Å². The van der Waals surface area contributed by atoms with Gasteiger partial charge >= 0.3 is 0 Å². The van der Waals surface area contributed by atoms with Crippen molar-refractivity contribution in [3.63, 3.8) is 0 Å². The average Bonchev–Trinajstić information content (AvgIpc) is 2.06. The lowest BCUT2D eigenvalue weighted by Crippen LogP contribution is -2.27. The summed E-state index contributed by atoms with van der Waals surface area (Å²) in [6.07, 6.45) is 0.810. The second kappa shape index (κ2) is 4.11. The standard InChI is InChI=1S/C9H13N2/c10-7-9(11)6-8-4-2-1-3-5-8/h1-5,9-10H,6-7,11H2/t9-/m0/s1. The fourth-order valence-electron chi connectivity index (χ4n) is 0.989. The first-order chi connectivity index (χ1) is 5.33. The van der Waals surface area contributed by atoms with E-state index in [0.29, 0.717) is 6.54 Å². The molecule has 59 valence electrons. The van der Waals surface area contributed by atoms with E-state index in [0.717, 1.165) is 6.42 Å². The average molecular weight is 149 g/mol. The Bertz CT molecular complexity index is 196. The van der Waals surface area contributed by atoms with E-state index in [1.165, 1.54) is 5.56 Å². The molecule has 11 heavy (non-hydrogen) atoms. The van der Waals surface area contributed by atoms with Gasteiger partial charge in [-0.05, 0) is 12.0 Å². The summed E-state index contributed by atoms with van der Waals surface area (Å²) < 4.78 is 0. The Morgan fingerprint density at radius 3 is 2.45 bits per heavy atom. The van der Waals surface area contributed by atoms with Crippen molar-refractivity contribution in [1.29, 1.82) is 0 Å². The van der Waals surface area contributed by atoms with Crippen LogP contribution in [-0.4, -0.2) is 12.6 Å². The molecule has 1 atom stereocenters. The van der Waals surface area contributed by atoms with Gasteiger partial charge in [0.1, 0.15) is 0 Å². The largest absolute Gasteiger partial charge is 0.326 e. The minimum atomic E-state index is -0.0163. The van der Waals surface area contributed by atoms with E-state index in [-0.39, 0.29) is 6.04 Å². The molecule has 0 fully saturated rings. The van der Waals surface area contributed by atoms with Gasteiger partial charge in [-0.3, -0.25) is 5.73 Å². The normalized spacial score (nSPS) is 12.9. The minimum Gasteiger partial charge on any atom is -0.326 e. The topological polar surface area (TPSA) is 49.8 Å². The molecule has 0 aromatic heterocycles. The van der Waals surface area contributed by atoms with Gasteiger partial charge < -0.3 is 5.73 Å². The van der Waals surface area contributed by atoms with Crippen LogP contribution < -0.4 is 11.5 Å². The number of benzene rings is 1. The molecule has 0 amide bonds. The van der Waals surface area contributed by atoms with Crippen LogP contribution in [0.2, 0.25) is 0 Å². The van der Waals surface area contributed by atoms with Crippen molar-refractivity contribution < 1.29 is 0 Å². The van der Waals surface area contributed by atoms with Crippen LogP contribution in [0.25, 0.3) is 0 Å². The highest BCUT2D eigenvalue weighted by Crippen LogP contribution is 2.00. The van der Waals surface area contributed by atoms with Crippen molar-refractivity contribution >= 4 is 0 Å². The van der Waals surface area contributed by atoms with Gasteiger partial charge in [-0.2, -0.15) is 0 Å². The highest BCUT2D eigenvalue weighted by Gasteiger charge is 1.99. The Morgan fingerprint density at radius 2 is 1.91 bits per heavy atom. The number of rotatable bonds is 3. The zero-order valence-corrected chi connectivity index (χ0v) is 6.46. The minimum absolute atomic E-state index is 0.0163. The molecule has 0 bridgehead atoms. The van der Waals surface area contributed by atoms with Crippen LogP contribution in [0.15, 0.2) is 30.3 Å². The van der Waals surface area contributed by atoms with Crippen molar-refractivity contribution in [2.24, 2.45) is 5.73 Å². The predicted octanol–water partition coefficient (Wildman–Crippen LogP) is 0.839. The summed E-state index contributed by atoms with van der Waals surface area (Å²) in [5.41, 5.74) is 13.9. The number of nitrogens with one attached hydrogen (secondary N) is 1. The summed E-state index contributed by atoms with van der Waals surface area (Å²) in [4.78, 5) is 0. The Hall–Kier alpha value is -0.860. The van der Waals surface area contributed by atoms with Crippen LogP contribution >= 0.6 is 0 Å². The van der Waals surface area contributed by atoms with Crippen molar-refractivity contribution in [2.45, 2.75) is 12.5 Å². The van der Waals surface area contributed by atoms with Gasteiger partial charge in [0, 0.05) is 12.6 Å². The summed E-state index contributed by atoms with van der Waals surface area (Å²) in [5, 5.41) is 0. The van der Waals surface area contributed by atoms with E-state index >= 15 is 0 Å². The third-order valence-electron chi connectivity index (χ3n) is 1.60. The molecule has 0 saturated carbocycles. The Labute approximate surface area is 67.2 Å². The molecule has 3 N–H and O–H groups in total. The van der Waals surface area contributed by atoms with Gasteiger partial charge in [-0.1, -0.05) is 30.3 Å². The fraction of sp³-hybridized carbons (Fsp3) is 0.333. The molecule has 2 nitrogen and oxygen atoms in total. The Balaban J connectivity index is 2.51. The van der Waals surface area contributed by atoms with Gasteiger partial charge in [0.2, 0.25) is 0 Å². The van der Waals surface area contributed by atoms with Crippen LogP contribution in [0.5, 0.6) is 0 Å². The molecule has 0 aliphatic carbocycles. The van der Waals surface area contributed by atoms with Gasteiger partial charge in [-0.15, -0.1) is 0 Å². The lowest BCUT2D eigenvalue weighted by Gasteiger charge is -2.06. The maximum atomic E-state index is 7.03. The number of hydrogen-bond acceptors (Lipinski definition) is 1. The third kappa shape index (κ3) is 2.70. The lowest BCUT2D eigenvalue weighted by atomic mass is 10.1. The highest BCUT2D eigenvalue weighted by molar-refractivity contribution is 5.15.